The summed E-state index contributed by atoms with van der Waals surface area (Å²) in [5, 5.41) is 2.68. The molecule has 0 aromatic carbocycles. The topological polar surface area (TPSA) is 24.9 Å². The number of hydrogen-bond acceptors (Lipinski definition) is 2. The number of halogens is 2. The Morgan fingerprint density at radius 3 is 2.92 bits per heavy atom. The van der Waals surface area contributed by atoms with Crippen LogP contribution < -0.4 is 5.32 Å². The first-order valence-corrected chi connectivity index (χ1v) is 4.18. The Morgan fingerprint density at radius 2 is 2.38 bits per heavy atom. The monoisotopic (exact) mass is 184 g/mol. The molecule has 1 atom stereocenters. The van der Waals surface area contributed by atoms with E-state index >= 15 is 0 Å². The van der Waals surface area contributed by atoms with Crippen molar-refractivity contribution in [1.82, 2.24) is 10.3 Å². The second-order valence-corrected chi connectivity index (χ2v) is 3.23. The highest BCUT2D eigenvalue weighted by molar-refractivity contribution is 5.20. The van der Waals surface area contributed by atoms with Crippen LogP contribution in [0.25, 0.3) is 0 Å². The summed E-state index contributed by atoms with van der Waals surface area (Å²) in [4.78, 5) is 3.83. The lowest BCUT2D eigenvalue weighted by molar-refractivity contribution is 0.00569. The molecular weight excluding hydrogens is 174 g/mol. The van der Waals surface area contributed by atoms with E-state index in [0.29, 0.717) is 12.1 Å². The van der Waals surface area contributed by atoms with Gasteiger partial charge < -0.3 is 5.32 Å². The van der Waals surface area contributed by atoms with E-state index in [2.05, 4.69) is 10.3 Å². The third-order valence-electron chi connectivity index (χ3n) is 2.31. The van der Waals surface area contributed by atoms with Crippen molar-refractivity contribution in [1.29, 1.82) is 0 Å². The molecule has 2 heterocycles. The van der Waals surface area contributed by atoms with Crippen LogP contribution in [-0.2, 0) is 0 Å². The second kappa shape index (κ2) is 3.03. The van der Waals surface area contributed by atoms with Crippen molar-refractivity contribution < 1.29 is 8.78 Å². The average molecular weight is 184 g/mol. The molecule has 1 aromatic rings. The summed E-state index contributed by atoms with van der Waals surface area (Å²) >= 11 is 0. The minimum absolute atomic E-state index is 0.230. The van der Waals surface area contributed by atoms with Crippen LogP contribution in [0.5, 0.6) is 0 Å². The molecule has 1 unspecified atom stereocenters. The van der Waals surface area contributed by atoms with E-state index in [0.717, 1.165) is 0 Å². The van der Waals surface area contributed by atoms with Crippen molar-refractivity contribution in [3.63, 3.8) is 0 Å². The molecule has 4 heteroatoms. The van der Waals surface area contributed by atoms with Crippen LogP contribution in [0.3, 0.4) is 0 Å². The lowest BCUT2D eigenvalue weighted by atomic mass is 9.97. The summed E-state index contributed by atoms with van der Waals surface area (Å²) in [7, 11) is 0. The molecule has 13 heavy (non-hydrogen) atoms. The van der Waals surface area contributed by atoms with Gasteiger partial charge in [-0.05, 0) is 11.6 Å². The van der Waals surface area contributed by atoms with Crippen molar-refractivity contribution in [2.75, 3.05) is 13.1 Å². The van der Waals surface area contributed by atoms with Gasteiger partial charge in [-0.1, -0.05) is 6.07 Å². The fourth-order valence-electron chi connectivity index (χ4n) is 1.60. The van der Waals surface area contributed by atoms with Crippen molar-refractivity contribution in [2.45, 2.75) is 11.8 Å². The van der Waals surface area contributed by atoms with Crippen LogP contribution in [0.4, 0.5) is 8.78 Å². The molecule has 1 aromatic heterocycles. The molecule has 0 amide bonds. The van der Waals surface area contributed by atoms with Crippen LogP contribution in [0, 0.1) is 0 Å². The Morgan fingerprint density at radius 1 is 1.54 bits per heavy atom. The first-order valence-electron chi connectivity index (χ1n) is 4.18. The summed E-state index contributed by atoms with van der Waals surface area (Å²) < 4.78 is 26.4. The Hall–Kier alpha value is -1.03. The van der Waals surface area contributed by atoms with E-state index in [1.807, 2.05) is 0 Å². The quantitative estimate of drug-likeness (QED) is 0.713. The normalized spacial score (nSPS) is 26.2. The number of hydrogen-bond donors (Lipinski definition) is 1. The van der Waals surface area contributed by atoms with E-state index in [9.17, 15) is 8.78 Å². The van der Waals surface area contributed by atoms with Gasteiger partial charge in [-0.2, -0.15) is 0 Å². The van der Waals surface area contributed by atoms with Crippen molar-refractivity contribution in [3.8, 4) is 0 Å². The average Bonchev–Trinajstić information content (AvgIpc) is 2.47. The van der Waals surface area contributed by atoms with Gasteiger partial charge in [0.2, 0.25) is 0 Å². The van der Waals surface area contributed by atoms with Crippen LogP contribution in [0.15, 0.2) is 24.5 Å². The first-order chi connectivity index (χ1) is 6.20. The van der Waals surface area contributed by atoms with E-state index < -0.39 is 11.8 Å². The van der Waals surface area contributed by atoms with E-state index in [4.69, 9.17) is 0 Å². The maximum atomic E-state index is 13.2. The van der Waals surface area contributed by atoms with Gasteiger partial charge in [-0.3, -0.25) is 4.98 Å². The van der Waals surface area contributed by atoms with Gasteiger partial charge in [-0.15, -0.1) is 0 Å². The molecule has 1 aliphatic heterocycles. The molecular formula is C9H10F2N2. The molecule has 2 nitrogen and oxygen atoms in total. The van der Waals surface area contributed by atoms with E-state index in [1.165, 1.54) is 6.20 Å². The van der Waals surface area contributed by atoms with Gasteiger partial charge in [0.1, 0.15) is 0 Å². The zero-order chi connectivity index (χ0) is 9.31. The van der Waals surface area contributed by atoms with Crippen molar-refractivity contribution >= 4 is 0 Å². The first kappa shape index (κ1) is 8.56. The molecule has 1 aliphatic rings. The lowest BCUT2D eigenvalue weighted by Gasteiger charge is -2.17. The molecule has 70 valence electrons. The van der Waals surface area contributed by atoms with E-state index in [1.54, 1.807) is 18.3 Å². The summed E-state index contributed by atoms with van der Waals surface area (Å²) in [5.41, 5.74) is 0.609. The lowest BCUT2D eigenvalue weighted by Crippen LogP contribution is -2.25. The number of rotatable bonds is 1. The van der Waals surface area contributed by atoms with Gasteiger partial charge in [0.05, 0.1) is 12.5 Å². The minimum Gasteiger partial charge on any atom is -0.310 e. The number of aromatic nitrogens is 1. The molecule has 1 N–H and O–H groups in total. The SMILES string of the molecule is FC1(F)CNCC1c1cccnc1. The van der Waals surface area contributed by atoms with Gasteiger partial charge in [0.15, 0.2) is 0 Å². The predicted octanol–water partition coefficient (Wildman–Crippen LogP) is 1.40. The van der Waals surface area contributed by atoms with Crippen LogP contribution in [0.1, 0.15) is 11.5 Å². The highest BCUT2D eigenvalue weighted by atomic mass is 19.3. The van der Waals surface area contributed by atoms with Gasteiger partial charge >= 0.3 is 0 Å². The molecule has 0 saturated carbocycles. The number of nitrogens with zero attached hydrogens (tertiary/aromatic N) is 1. The largest absolute Gasteiger partial charge is 0.310 e. The summed E-state index contributed by atoms with van der Waals surface area (Å²) in [5.74, 6) is -3.36. The third kappa shape index (κ3) is 1.54. The molecule has 2 rings (SSSR count). The standard InChI is InChI=1S/C9H10F2N2/c10-9(11)6-13-5-8(9)7-2-1-3-12-4-7/h1-4,8,13H,5-6H2. The Balaban J connectivity index is 2.27. The fraction of sp³-hybridized carbons (Fsp3) is 0.444. The highest BCUT2D eigenvalue weighted by Gasteiger charge is 2.44. The van der Waals surface area contributed by atoms with Gasteiger partial charge in [-0.25, -0.2) is 8.78 Å². The highest BCUT2D eigenvalue weighted by Crippen LogP contribution is 2.35. The maximum absolute atomic E-state index is 13.2. The third-order valence-corrected chi connectivity index (χ3v) is 2.31. The van der Waals surface area contributed by atoms with Gasteiger partial charge in [0.25, 0.3) is 5.92 Å². The fourth-order valence-corrected chi connectivity index (χ4v) is 1.60. The zero-order valence-corrected chi connectivity index (χ0v) is 7.00. The predicted molar refractivity (Wildman–Crippen MR) is 44.8 cm³/mol. The second-order valence-electron chi connectivity index (χ2n) is 3.23. The molecule has 0 aliphatic carbocycles. The Bertz CT molecular complexity index is 287. The Labute approximate surface area is 75.0 Å². The molecule has 1 saturated heterocycles. The van der Waals surface area contributed by atoms with Crippen molar-refractivity contribution in [2.24, 2.45) is 0 Å². The summed E-state index contributed by atoms with van der Waals surface area (Å²) in [6, 6.07) is 3.38. The van der Waals surface area contributed by atoms with Crippen LogP contribution in [-0.4, -0.2) is 24.0 Å². The smallest absolute Gasteiger partial charge is 0.268 e. The van der Waals surface area contributed by atoms with Crippen molar-refractivity contribution in [3.05, 3.63) is 30.1 Å². The molecule has 0 spiro atoms. The molecule has 1 fully saturated rings. The zero-order valence-electron chi connectivity index (χ0n) is 7.00. The Kier molecular flexibility index (Phi) is 2.00. The number of nitrogens with one attached hydrogen (secondary N) is 1. The molecule has 0 radical (unpaired) electrons. The van der Waals surface area contributed by atoms with Gasteiger partial charge in [0, 0.05) is 18.9 Å². The van der Waals surface area contributed by atoms with E-state index in [-0.39, 0.29) is 6.54 Å². The number of pyridine rings is 1. The molecule has 0 bridgehead atoms. The minimum atomic E-state index is -2.64. The maximum Gasteiger partial charge on any atom is 0.268 e. The van der Waals surface area contributed by atoms with Crippen LogP contribution in [0.2, 0.25) is 0 Å². The number of alkyl halides is 2. The summed E-state index contributed by atoms with van der Waals surface area (Å²) in [6.45, 7) is 0.102. The van der Waals surface area contributed by atoms with Crippen LogP contribution >= 0.6 is 0 Å². The summed E-state index contributed by atoms with van der Waals surface area (Å²) in [6.07, 6.45) is 3.09.